The van der Waals surface area contributed by atoms with Gasteiger partial charge in [-0.2, -0.15) is 18.4 Å². The molecule has 5 amide bonds. The minimum Gasteiger partial charge on any atom is -0.476 e. The number of pyridine rings is 1. The third-order valence-electron chi connectivity index (χ3n) is 12.7. The standard InChI is InChI=1S/C44H46F3N9O6S/c1-43(2)41(61)55(31-5-4-29(23-48)34(22-31)44(45,46)47)42(63)54(43)26-28-3-10-37(49-24-28)62-20-19-51-13-11-27(12-14-51)25-52-15-17-53(18-16-52)30-6-7-32-33(21-30)40(60)56(39(32)59)35-8-9-36(57)50-38(35)58/h3-7,10,21-22,24,27,35H,8-9,11-20,25-26H2,1-2H3,(H,50,57,58). The topological polar surface area (TPSA) is 163 Å². The Morgan fingerprint density at radius 3 is 2.27 bits per heavy atom. The number of imide groups is 2. The number of aromatic nitrogens is 1. The number of fused-ring (bicyclic) bond motifs is 1. The van der Waals surface area contributed by atoms with Gasteiger partial charge in [-0.05, 0) is 106 Å². The molecule has 6 heterocycles. The summed E-state index contributed by atoms with van der Waals surface area (Å²) in [6, 6.07) is 12.5. The van der Waals surface area contributed by atoms with E-state index < -0.39 is 58.4 Å². The summed E-state index contributed by atoms with van der Waals surface area (Å²) < 4.78 is 47.1. The Morgan fingerprint density at radius 1 is 0.889 bits per heavy atom. The molecule has 19 heteroatoms. The van der Waals surface area contributed by atoms with Crippen LogP contribution < -0.4 is 19.9 Å². The second-order valence-electron chi connectivity index (χ2n) is 17.0. The predicted molar refractivity (Wildman–Crippen MR) is 227 cm³/mol. The number of nitrogens with one attached hydrogen (secondary N) is 1. The van der Waals surface area contributed by atoms with Crippen LogP contribution in [0.15, 0.2) is 54.7 Å². The maximum atomic E-state index is 13.7. The number of likely N-dealkylation sites (tertiary alicyclic amines) is 1. The number of rotatable bonds is 11. The van der Waals surface area contributed by atoms with Crippen molar-refractivity contribution < 1.29 is 41.9 Å². The van der Waals surface area contributed by atoms with Crippen molar-refractivity contribution in [3.63, 3.8) is 0 Å². The Hall–Kier alpha value is -5.97. The molecule has 3 aromatic rings. The van der Waals surface area contributed by atoms with Crippen molar-refractivity contribution in [3.05, 3.63) is 82.5 Å². The summed E-state index contributed by atoms with van der Waals surface area (Å²) in [5.74, 6) is -1.52. The van der Waals surface area contributed by atoms with Crippen LogP contribution in [0.4, 0.5) is 24.5 Å². The fraction of sp³-hybridized carbons (Fsp3) is 0.455. The Labute approximate surface area is 367 Å². The molecule has 0 aliphatic carbocycles. The number of carbonyl (C=O) groups excluding carboxylic acids is 5. The summed E-state index contributed by atoms with van der Waals surface area (Å²) >= 11 is 5.62. The van der Waals surface area contributed by atoms with Gasteiger partial charge in [0.05, 0.1) is 34.0 Å². The van der Waals surface area contributed by atoms with Gasteiger partial charge in [0.15, 0.2) is 5.11 Å². The second-order valence-corrected chi connectivity index (χ2v) is 17.4. The zero-order chi connectivity index (χ0) is 44.8. The molecule has 0 saturated carbocycles. The van der Waals surface area contributed by atoms with Crippen LogP contribution in [0.3, 0.4) is 0 Å². The third kappa shape index (κ3) is 8.71. The monoisotopic (exact) mass is 885 g/mol. The summed E-state index contributed by atoms with van der Waals surface area (Å²) in [5, 5.41) is 11.5. The first-order valence-corrected chi connectivity index (χ1v) is 21.3. The lowest BCUT2D eigenvalue weighted by molar-refractivity contribution is -0.138. The molecule has 2 aromatic carbocycles. The number of alkyl halides is 3. The maximum Gasteiger partial charge on any atom is 0.417 e. The fourth-order valence-electron chi connectivity index (χ4n) is 8.99. The zero-order valence-electron chi connectivity index (χ0n) is 34.8. The number of nitrogens with zero attached hydrogens (tertiary/aromatic N) is 8. The SMILES string of the molecule is CC1(C)C(=O)N(c2ccc(C#N)c(C(F)(F)F)c2)C(=S)N1Cc1ccc(OCCN2CCC(CN3CCN(c4ccc5c(c4)C(=O)N(C4CCC(=O)NC4=O)C5=O)CC3)CC2)nc1. The second kappa shape index (κ2) is 17.3. The highest BCUT2D eigenvalue weighted by molar-refractivity contribution is 7.80. The Balaban J connectivity index is 0.759. The largest absolute Gasteiger partial charge is 0.476 e. The van der Waals surface area contributed by atoms with Crippen molar-refractivity contribution in [2.45, 2.75) is 63.8 Å². The lowest BCUT2D eigenvalue weighted by atomic mass is 9.96. The van der Waals surface area contributed by atoms with E-state index >= 15 is 0 Å². The van der Waals surface area contributed by atoms with Gasteiger partial charge in [-0.25, -0.2) is 4.98 Å². The number of thiocarbonyl (C=S) groups is 1. The lowest BCUT2D eigenvalue weighted by Gasteiger charge is -2.39. The molecule has 5 aliphatic heterocycles. The molecule has 4 fully saturated rings. The van der Waals surface area contributed by atoms with Crippen LogP contribution in [-0.4, -0.2) is 130 Å². The molecule has 0 bridgehead atoms. The van der Waals surface area contributed by atoms with Crippen molar-refractivity contribution in [1.82, 2.24) is 29.9 Å². The summed E-state index contributed by atoms with van der Waals surface area (Å²) in [6.07, 6.45) is -0.821. The number of benzene rings is 2. The number of hydrogen-bond acceptors (Lipinski definition) is 12. The molecule has 1 atom stereocenters. The quantitative estimate of drug-likeness (QED) is 0.216. The normalized spacial score (nSPS) is 21.3. The van der Waals surface area contributed by atoms with Gasteiger partial charge in [0.1, 0.15) is 18.2 Å². The average Bonchev–Trinajstić information content (AvgIpc) is 3.60. The van der Waals surface area contributed by atoms with Crippen LogP contribution >= 0.6 is 12.2 Å². The molecular formula is C44H46F3N9O6S. The summed E-state index contributed by atoms with van der Waals surface area (Å²) in [7, 11) is 0. The zero-order valence-corrected chi connectivity index (χ0v) is 35.6. The molecule has 1 aromatic heterocycles. The summed E-state index contributed by atoms with van der Waals surface area (Å²) in [5.41, 5.74) is -0.756. The Bertz CT molecular complexity index is 2390. The molecule has 4 saturated heterocycles. The number of nitriles is 1. The van der Waals surface area contributed by atoms with Crippen LogP contribution in [-0.2, 0) is 27.1 Å². The molecule has 5 aliphatic rings. The van der Waals surface area contributed by atoms with Crippen LogP contribution in [0.2, 0.25) is 0 Å². The minimum absolute atomic E-state index is 0.0456. The smallest absolute Gasteiger partial charge is 0.417 e. The van der Waals surface area contributed by atoms with E-state index in [0.717, 1.165) is 98.4 Å². The summed E-state index contributed by atoms with van der Waals surface area (Å²) in [4.78, 5) is 79.2. The number of anilines is 2. The van der Waals surface area contributed by atoms with E-state index in [0.29, 0.717) is 18.4 Å². The number of amides is 5. The number of halogens is 3. The highest BCUT2D eigenvalue weighted by atomic mass is 32.1. The molecule has 0 spiro atoms. The molecule has 8 rings (SSSR count). The molecule has 330 valence electrons. The molecular weight excluding hydrogens is 840 g/mol. The van der Waals surface area contributed by atoms with E-state index in [9.17, 15) is 42.4 Å². The first kappa shape index (κ1) is 43.7. The first-order chi connectivity index (χ1) is 30.0. The maximum absolute atomic E-state index is 13.7. The van der Waals surface area contributed by atoms with Gasteiger partial charge in [-0.3, -0.25) is 48.9 Å². The van der Waals surface area contributed by atoms with Gasteiger partial charge in [0, 0.05) is 70.2 Å². The molecule has 1 N–H and O–H groups in total. The molecule has 63 heavy (non-hydrogen) atoms. The molecule has 1 unspecified atom stereocenters. The molecule has 0 radical (unpaired) electrons. The number of carbonyl (C=O) groups is 5. The van der Waals surface area contributed by atoms with E-state index in [-0.39, 0.29) is 41.3 Å². The van der Waals surface area contributed by atoms with Gasteiger partial charge in [-0.1, -0.05) is 6.07 Å². The van der Waals surface area contributed by atoms with E-state index in [2.05, 4.69) is 25.0 Å². The highest BCUT2D eigenvalue weighted by Gasteiger charge is 2.50. The highest BCUT2D eigenvalue weighted by Crippen LogP contribution is 2.39. The number of hydrogen-bond donors (Lipinski definition) is 1. The van der Waals surface area contributed by atoms with Gasteiger partial charge in [-0.15, -0.1) is 0 Å². The molecule has 15 nitrogen and oxygen atoms in total. The Morgan fingerprint density at radius 2 is 1.60 bits per heavy atom. The number of piperidine rings is 2. The van der Waals surface area contributed by atoms with Gasteiger partial charge >= 0.3 is 6.18 Å². The van der Waals surface area contributed by atoms with Crippen molar-refractivity contribution in [3.8, 4) is 11.9 Å². The number of piperazine rings is 1. The van der Waals surface area contributed by atoms with Crippen LogP contribution in [0.25, 0.3) is 0 Å². The van der Waals surface area contributed by atoms with E-state index in [4.69, 9.17) is 17.0 Å². The van der Waals surface area contributed by atoms with Gasteiger partial charge in [0.2, 0.25) is 17.7 Å². The van der Waals surface area contributed by atoms with Crippen LogP contribution in [0.1, 0.15) is 76.9 Å². The van der Waals surface area contributed by atoms with Crippen LogP contribution in [0.5, 0.6) is 5.88 Å². The van der Waals surface area contributed by atoms with Crippen molar-refractivity contribution in [1.29, 1.82) is 5.26 Å². The van der Waals surface area contributed by atoms with E-state index in [1.807, 2.05) is 12.1 Å². The van der Waals surface area contributed by atoms with Gasteiger partial charge in [0.25, 0.3) is 17.7 Å². The van der Waals surface area contributed by atoms with E-state index in [1.54, 1.807) is 49.2 Å². The fourth-order valence-corrected chi connectivity index (χ4v) is 9.47. The average molecular weight is 886 g/mol. The van der Waals surface area contributed by atoms with Crippen molar-refractivity contribution >= 4 is 58.2 Å². The first-order valence-electron chi connectivity index (χ1n) is 20.9. The van der Waals surface area contributed by atoms with E-state index in [1.165, 1.54) is 6.07 Å². The minimum atomic E-state index is -4.78. The Kier molecular flexibility index (Phi) is 12.0. The summed E-state index contributed by atoms with van der Waals surface area (Å²) in [6.45, 7) is 10.9. The number of ether oxygens (including phenoxy) is 1. The van der Waals surface area contributed by atoms with Gasteiger partial charge < -0.3 is 14.5 Å². The third-order valence-corrected chi connectivity index (χ3v) is 13.1. The lowest BCUT2D eigenvalue weighted by Crippen LogP contribution is -2.54. The van der Waals surface area contributed by atoms with Crippen molar-refractivity contribution in [2.75, 3.05) is 68.8 Å². The van der Waals surface area contributed by atoms with Crippen LogP contribution in [0, 0.1) is 17.2 Å². The predicted octanol–water partition coefficient (Wildman–Crippen LogP) is 4.20. The van der Waals surface area contributed by atoms with Crippen molar-refractivity contribution in [2.24, 2.45) is 5.92 Å².